The van der Waals surface area contributed by atoms with Crippen LogP contribution in [-0.2, 0) is 4.79 Å². The van der Waals surface area contributed by atoms with Gasteiger partial charge in [0.25, 0.3) is 5.91 Å². The molecule has 2 heterocycles. The van der Waals surface area contributed by atoms with Crippen molar-refractivity contribution in [3.8, 4) is 0 Å². The molecule has 2 aromatic rings. The molecule has 0 bridgehead atoms. The number of hydrogen-bond donors (Lipinski definition) is 6. The summed E-state index contributed by atoms with van der Waals surface area (Å²) in [6.45, 7) is 0. The number of benzene rings is 1. The SMILES string of the molecule is NC(=O)c1cnc(N[C@@H]2CCCC(=O)[C@@H]2N)nc1Nc1cccc(N2C=CNN2)c1. The van der Waals surface area contributed by atoms with Crippen LogP contribution >= 0.6 is 0 Å². The van der Waals surface area contributed by atoms with Crippen LogP contribution < -0.4 is 38.1 Å². The Balaban J connectivity index is 1.58. The molecule has 1 aromatic carbocycles. The van der Waals surface area contributed by atoms with E-state index in [0.717, 1.165) is 18.5 Å². The zero-order valence-corrected chi connectivity index (χ0v) is 16.1. The maximum Gasteiger partial charge on any atom is 0.254 e. The summed E-state index contributed by atoms with van der Waals surface area (Å²) >= 11 is 0. The van der Waals surface area contributed by atoms with Crippen molar-refractivity contribution >= 4 is 34.8 Å². The number of carbonyl (C=O) groups is 2. The van der Waals surface area contributed by atoms with Gasteiger partial charge >= 0.3 is 0 Å². The van der Waals surface area contributed by atoms with Crippen LogP contribution in [0.15, 0.2) is 42.9 Å². The fourth-order valence-corrected chi connectivity index (χ4v) is 3.40. The van der Waals surface area contributed by atoms with Crippen molar-refractivity contribution in [2.45, 2.75) is 31.3 Å². The van der Waals surface area contributed by atoms with Gasteiger partial charge < -0.3 is 27.5 Å². The lowest BCUT2D eigenvalue weighted by atomic mass is 9.90. The Morgan fingerprint density at radius 3 is 2.97 bits per heavy atom. The zero-order chi connectivity index (χ0) is 21.1. The highest BCUT2D eigenvalue weighted by atomic mass is 16.1. The number of aromatic nitrogens is 2. The molecule has 2 aliphatic rings. The highest BCUT2D eigenvalue weighted by molar-refractivity contribution is 5.98. The number of amides is 1. The molecule has 156 valence electrons. The third kappa shape index (κ3) is 4.16. The average molecular weight is 409 g/mol. The topological polar surface area (TPSA) is 163 Å². The number of nitrogens with zero attached hydrogens (tertiary/aromatic N) is 3. The molecular weight excluding hydrogens is 386 g/mol. The van der Waals surface area contributed by atoms with Gasteiger partial charge in [0.2, 0.25) is 5.95 Å². The minimum atomic E-state index is -0.655. The van der Waals surface area contributed by atoms with Crippen molar-refractivity contribution in [1.82, 2.24) is 20.9 Å². The van der Waals surface area contributed by atoms with E-state index in [1.54, 1.807) is 11.2 Å². The Bertz CT molecular complexity index is 994. The third-order valence-electron chi connectivity index (χ3n) is 4.99. The van der Waals surface area contributed by atoms with Gasteiger partial charge in [-0.15, -0.1) is 5.53 Å². The van der Waals surface area contributed by atoms with Crippen LogP contribution in [0.5, 0.6) is 0 Å². The first kappa shape index (κ1) is 19.6. The van der Waals surface area contributed by atoms with Crippen molar-refractivity contribution in [1.29, 1.82) is 0 Å². The van der Waals surface area contributed by atoms with E-state index in [9.17, 15) is 9.59 Å². The first-order valence-electron chi connectivity index (χ1n) is 9.57. The summed E-state index contributed by atoms with van der Waals surface area (Å²) in [5, 5.41) is 8.03. The van der Waals surface area contributed by atoms with Crippen molar-refractivity contribution < 1.29 is 9.59 Å². The Morgan fingerprint density at radius 2 is 2.20 bits per heavy atom. The number of rotatable bonds is 6. The lowest BCUT2D eigenvalue weighted by Gasteiger charge is -2.28. The molecule has 4 rings (SSSR count). The Hall–Kier alpha value is -3.70. The number of anilines is 4. The quantitative estimate of drug-likeness (QED) is 0.395. The predicted molar refractivity (Wildman–Crippen MR) is 112 cm³/mol. The normalized spacial score (nSPS) is 20.7. The molecule has 1 aromatic heterocycles. The van der Waals surface area contributed by atoms with Gasteiger partial charge in [-0.25, -0.2) is 4.98 Å². The average Bonchev–Trinajstić information content (AvgIpc) is 3.27. The summed E-state index contributed by atoms with van der Waals surface area (Å²) < 4.78 is 0. The minimum absolute atomic E-state index is 0.0155. The lowest BCUT2D eigenvalue weighted by Crippen LogP contribution is -2.49. The van der Waals surface area contributed by atoms with E-state index in [2.05, 4.69) is 31.6 Å². The van der Waals surface area contributed by atoms with Gasteiger partial charge in [-0.1, -0.05) is 6.07 Å². The van der Waals surface area contributed by atoms with Crippen LogP contribution in [0.2, 0.25) is 0 Å². The lowest BCUT2D eigenvalue weighted by molar-refractivity contribution is -0.121. The summed E-state index contributed by atoms with van der Waals surface area (Å²) in [6.07, 6.45) is 6.93. The van der Waals surface area contributed by atoms with E-state index < -0.39 is 11.9 Å². The van der Waals surface area contributed by atoms with E-state index in [-0.39, 0.29) is 29.2 Å². The molecule has 11 heteroatoms. The van der Waals surface area contributed by atoms with E-state index >= 15 is 0 Å². The van der Waals surface area contributed by atoms with E-state index in [0.29, 0.717) is 12.1 Å². The largest absolute Gasteiger partial charge is 0.365 e. The van der Waals surface area contributed by atoms with Gasteiger partial charge in [0, 0.05) is 30.7 Å². The van der Waals surface area contributed by atoms with Crippen molar-refractivity contribution in [2.75, 3.05) is 15.6 Å². The molecule has 0 unspecified atom stereocenters. The standard InChI is InChI=1S/C19H23N9O2/c20-16-14(5-2-6-15(16)29)25-19-22-10-13(17(21)30)18(26-19)24-11-3-1-4-12(9-11)28-8-7-23-27-28/h1,3-4,7-10,14,16,23,27H,2,5-6,20H2,(H2,21,30)(H2,22,24,25,26)/t14-,16-/m1/s1. The smallest absolute Gasteiger partial charge is 0.254 e. The van der Waals surface area contributed by atoms with Crippen LogP contribution in [0.3, 0.4) is 0 Å². The molecule has 1 saturated carbocycles. The fraction of sp³-hybridized carbons (Fsp3) is 0.263. The molecule has 11 nitrogen and oxygen atoms in total. The molecule has 8 N–H and O–H groups in total. The minimum Gasteiger partial charge on any atom is -0.365 e. The Labute approximate surface area is 172 Å². The van der Waals surface area contributed by atoms with E-state index in [1.165, 1.54) is 6.20 Å². The molecule has 2 atom stereocenters. The highest BCUT2D eigenvalue weighted by Gasteiger charge is 2.29. The van der Waals surface area contributed by atoms with Crippen LogP contribution in [0.4, 0.5) is 23.1 Å². The van der Waals surface area contributed by atoms with E-state index in [4.69, 9.17) is 11.5 Å². The maximum absolute atomic E-state index is 11.9. The highest BCUT2D eigenvalue weighted by Crippen LogP contribution is 2.25. The van der Waals surface area contributed by atoms with Crippen molar-refractivity contribution in [2.24, 2.45) is 11.5 Å². The van der Waals surface area contributed by atoms with Gasteiger partial charge in [0.1, 0.15) is 11.4 Å². The van der Waals surface area contributed by atoms with Crippen LogP contribution in [-0.4, -0.2) is 33.7 Å². The molecule has 30 heavy (non-hydrogen) atoms. The van der Waals surface area contributed by atoms with Gasteiger partial charge in [0.05, 0.1) is 17.8 Å². The summed E-state index contributed by atoms with van der Waals surface area (Å²) in [5.74, 6) is -0.113. The number of carbonyl (C=O) groups excluding carboxylic acids is 2. The first-order valence-corrected chi connectivity index (χ1v) is 9.57. The second-order valence-electron chi connectivity index (χ2n) is 7.07. The molecule has 1 fully saturated rings. The molecule has 1 aliphatic carbocycles. The third-order valence-corrected chi connectivity index (χ3v) is 4.99. The maximum atomic E-state index is 11.9. The Morgan fingerprint density at radius 1 is 1.33 bits per heavy atom. The summed E-state index contributed by atoms with van der Waals surface area (Å²) in [7, 11) is 0. The molecule has 1 amide bonds. The number of nitrogens with two attached hydrogens (primary N) is 2. The molecular formula is C19H23N9O2. The molecule has 1 aliphatic heterocycles. The monoisotopic (exact) mass is 409 g/mol. The molecule has 0 saturated heterocycles. The number of hydrazine groups is 2. The molecule has 0 spiro atoms. The van der Waals surface area contributed by atoms with Gasteiger partial charge in [-0.2, -0.15) is 4.98 Å². The number of Topliss-reactive ketones (excluding diaryl/α,β-unsaturated/α-hetero) is 1. The summed E-state index contributed by atoms with van der Waals surface area (Å²) in [6, 6.07) is 6.62. The van der Waals surface area contributed by atoms with Crippen molar-refractivity contribution in [3.63, 3.8) is 0 Å². The second kappa shape index (κ2) is 8.35. The van der Waals surface area contributed by atoms with Gasteiger partial charge in [0.15, 0.2) is 5.78 Å². The number of nitrogens with one attached hydrogen (secondary N) is 4. The van der Waals surface area contributed by atoms with E-state index in [1.807, 2.05) is 30.5 Å². The predicted octanol–water partition coefficient (Wildman–Crippen LogP) is 0.480. The number of primary amides is 1. The van der Waals surface area contributed by atoms with Crippen molar-refractivity contribution in [3.05, 3.63) is 48.4 Å². The number of ketones is 1. The second-order valence-corrected chi connectivity index (χ2v) is 7.07. The van der Waals surface area contributed by atoms with Gasteiger partial charge in [-0.05, 0) is 31.0 Å². The van der Waals surface area contributed by atoms with Crippen LogP contribution in [0, 0.1) is 0 Å². The molecule has 0 radical (unpaired) electrons. The fourth-order valence-electron chi connectivity index (χ4n) is 3.40. The van der Waals surface area contributed by atoms with Gasteiger partial charge in [-0.3, -0.25) is 14.6 Å². The summed E-state index contributed by atoms with van der Waals surface area (Å²) in [5.41, 5.74) is 19.0. The summed E-state index contributed by atoms with van der Waals surface area (Å²) in [4.78, 5) is 32.3. The zero-order valence-electron chi connectivity index (χ0n) is 16.1. The van der Waals surface area contributed by atoms with Crippen LogP contribution in [0.1, 0.15) is 29.6 Å². The Kier molecular flexibility index (Phi) is 5.46. The first-order chi connectivity index (χ1) is 14.5. The van der Waals surface area contributed by atoms with Crippen LogP contribution in [0.25, 0.3) is 0 Å². The number of hydrogen-bond acceptors (Lipinski definition) is 10.